The van der Waals surface area contributed by atoms with Gasteiger partial charge >= 0.3 is 12.1 Å². The van der Waals surface area contributed by atoms with E-state index in [1.165, 1.54) is 0 Å². The Hall–Kier alpha value is -4.48. The SMILES string of the molecule is [N-]=[N+]=NCCCOC(=O)c1ccc(C#CC2CCCN2C(=O)CNC(=O)OCc2ccccc2)cc1. The first-order valence-corrected chi connectivity index (χ1v) is 11.6. The number of likely N-dealkylation sites (tertiary alicyclic amines) is 1. The maximum Gasteiger partial charge on any atom is 0.407 e. The third kappa shape index (κ3) is 8.38. The number of nitrogens with one attached hydrogen (secondary N) is 1. The number of amides is 2. The van der Waals surface area contributed by atoms with Crippen molar-refractivity contribution in [3.63, 3.8) is 0 Å². The topological polar surface area (TPSA) is 134 Å². The Balaban J connectivity index is 1.45. The number of nitrogens with zero attached hydrogens (tertiary/aromatic N) is 4. The lowest BCUT2D eigenvalue weighted by atomic mass is 10.1. The van der Waals surface area contributed by atoms with Gasteiger partial charge in [-0.15, -0.1) is 0 Å². The quantitative estimate of drug-likeness (QED) is 0.143. The number of esters is 1. The van der Waals surface area contributed by atoms with Gasteiger partial charge in [-0.25, -0.2) is 9.59 Å². The number of carbonyl (C=O) groups excluding carboxylic acids is 3. The highest BCUT2D eigenvalue weighted by Gasteiger charge is 2.27. The standard InChI is InChI=1S/C26H27N5O5/c27-30-29-15-5-17-35-25(33)22-12-9-20(10-13-22)11-14-23-8-4-16-31(23)24(32)18-28-26(34)36-19-21-6-2-1-3-7-21/h1-3,6-7,9-10,12-13,23H,4-5,8,15-19H2,(H,28,34). The average molecular weight is 490 g/mol. The predicted octanol–water partition coefficient (Wildman–Crippen LogP) is 3.81. The van der Waals surface area contributed by atoms with Crippen molar-refractivity contribution >= 4 is 18.0 Å². The second kappa shape index (κ2) is 14.0. The van der Waals surface area contributed by atoms with Crippen LogP contribution in [0, 0.1) is 11.8 Å². The zero-order chi connectivity index (χ0) is 25.6. The summed E-state index contributed by atoms with van der Waals surface area (Å²) in [7, 11) is 0. The van der Waals surface area contributed by atoms with Crippen LogP contribution in [-0.2, 0) is 20.9 Å². The van der Waals surface area contributed by atoms with E-state index in [-0.39, 0.29) is 38.3 Å². The van der Waals surface area contributed by atoms with Gasteiger partial charge in [0.2, 0.25) is 5.91 Å². The van der Waals surface area contributed by atoms with E-state index in [4.69, 9.17) is 15.0 Å². The highest BCUT2D eigenvalue weighted by molar-refractivity contribution is 5.89. The largest absolute Gasteiger partial charge is 0.462 e. The molecule has 0 spiro atoms. The number of benzene rings is 2. The van der Waals surface area contributed by atoms with Crippen molar-refractivity contribution < 1.29 is 23.9 Å². The lowest BCUT2D eigenvalue weighted by Crippen LogP contribution is -2.42. The highest BCUT2D eigenvalue weighted by atomic mass is 16.5. The van der Waals surface area contributed by atoms with Crippen LogP contribution in [0.15, 0.2) is 59.7 Å². The molecular formula is C26H27N5O5. The molecule has 1 saturated heterocycles. The fraction of sp³-hybridized carbons (Fsp3) is 0.346. The van der Waals surface area contributed by atoms with E-state index in [1.54, 1.807) is 29.2 Å². The zero-order valence-electron chi connectivity index (χ0n) is 19.8. The Kier molecular flexibility index (Phi) is 10.2. The molecule has 1 fully saturated rings. The normalized spacial score (nSPS) is 14.1. The van der Waals surface area contributed by atoms with Crippen LogP contribution in [-0.4, -0.2) is 55.2 Å². The van der Waals surface area contributed by atoms with Crippen molar-refractivity contribution in [1.29, 1.82) is 0 Å². The third-order valence-electron chi connectivity index (χ3n) is 5.37. The van der Waals surface area contributed by atoms with Gasteiger partial charge in [0.25, 0.3) is 0 Å². The molecule has 186 valence electrons. The number of carbonyl (C=O) groups is 3. The first kappa shape index (κ1) is 26.1. The third-order valence-corrected chi connectivity index (χ3v) is 5.37. The molecule has 1 unspecified atom stereocenters. The number of alkyl carbamates (subject to hydrolysis) is 1. The molecule has 0 aromatic heterocycles. The number of rotatable bonds is 9. The summed E-state index contributed by atoms with van der Waals surface area (Å²) in [5, 5.41) is 5.88. The smallest absolute Gasteiger partial charge is 0.407 e. The lowest BCUT2D eigenvalue weighted by Gasteiger charge is -2.20. The van der Waals surface area contributed by atoms with E-state index in [0.717, 1.165) is 18.4 Å². The molecular weight excluding hydrogens is 462 g/mol. The number of hydrogen-bond acceptors (Lipinski definition) is 6. The summed E-state index contributed by atoms with van der Waals surface area (Å²) in [6.45, 7) is 0.986. The molecule has 1 N–H and O–H groups in total. The molecule has 10 nitrogen and oxygen atoms in total. The minimum Gasteiger partial charge on any atom is -0.462 e. The second-order valence-electron chi connectivity index (χ2n) is 7.95. The summed E-state index contributed by atoms with van der Waals surface area (Å²) in [5.41, 5.74) is 10.2. The molecule has 2 aromatic carbocycles. The lowest BCUT2D eigenvalue weighted by molar-refractivity contribution is -0.130. The van der Waals surface area contributed by atoms with Crippen molar-refractivity contribution in [2.45, 2.75) is 31.9 Å². The Morgan fingerprint density at radius 1 is 1.11 bits per heavy atom. The molecule has 1 heterocycles. The van der Waals surface area contributed by atoms with E-state index in [1.807, 2.05) is 30.3 Å². The van der Waals surface area contributed by atoms with Crippen molar-refractivity contribution in [2.24, 2.45) is 5.11 Å². The van der Waals surface area contributed by atoms with Crippen LogP contribution in [0.4, 0.5) is 4.79 Å². The van der Waals surface area contributed by atoms with Gasteiger partial charge in [-0.1, -0.05) is 47.3 Å². The maximum absolute atomic E-state index is 12.6. The first-order chi connectivity index (χ1) is 17.6. The fourth-order valence-electron chi connectivity index (χ4n) is 3.52. The van der Waals surface area contributed by atoms with Gasteiger partial charge in [-0.3, -0.25) is 4.79 Å². The van der Waals surface area contributed by atoms with Gasteiger partial charge in [-0.2, -0.15) is 0 Å². The molecule has 0 saturated carbocycles. The second-order valence-corrected chi connectivity index (χ2v) is 7.95. The molecule has 2 aromatic rings. The van der Waals surface area contributed by atoms with Crippen molar-refractivity contribution in [3.8, 4) is 11.8 Å². The molecule has 10 heteroatoms. The van der Waals surface area contributed by atoms with Gasteiger partial charge in [-0.05, 0) is 54.6 Å². The van der Waals surface area contributed by atoms with Crippen LogP contribution >= 0.6 is 0 Å². The van der Waals surface area contributed by atoms with Crippen molar-refractivity contribution in [2.75, 3.05) is 26.2 Å². The Labute approximate surface area is 209 Å². The van der Waals surface area contributed by atoms with Gasteiger partial charge < -0.3 is 19.7 Å². The van der Waals surface area contributed by atoms with Crippen LogP contribution < -0.4 is 5.32 Å². The van der Waals surface area contributed by atoms with Crippen molar-refractivity contribution in [1.82, 2.24) is 10.2 Å². The van der Waals surface area contributed by atoms with Crippen molar-refractivity contribution in [3.05, 3.63) is 81.7 Å². The summed E-state index contributed by atoms with van der Waals surface area (Å²) in [6, 6.07) is 15.7. The van der Waals surface area contributed by atoms with Crippen LogP contribution in [0.1, 0.15) is 40.7 Å². The summed E-state index contributed by atoms with van der Waals surface area (Å²) >= 11 is 0. The van der Waals surface area contributed by atoms with Crippen LogP contribution in [0.2, 0.25) is 0 Å². The molecule has 2 amide bonds. The van der Waals surface area contributed by atoms with Gasteiger partial charge in [0, 0.05) is 23.6 Å². The van der Waals surface area contributed by atoms with E-state index in [0.29, 0.717) is 24.1 Å². The summed E-state index contributed by atoms with van der Waals surface area (Å²) < 4.78 is 10.3. The average Bonchev–Trinajstić information content (AvgIpc) is 3.39. The summed E-state index contributed by atoms with van der Waals surface area (Å²) in [5.74, 6) is 5.49. The van der Waals surface area contributed by atoms with E-state index in [9.17, 15) is 14.4 Å². The Morgan fingerprint density at radius 2 is 1.89 bits per heavy atom. The van der Waals surface area contributed by atoms with Crippen LogP contribution in [0.25, 0.3) is 10.4 Å². The predicted molar refractivity (Wildman–Crippen MR) is 132 cm³/mol. The minimum absolute atomic E-state index is 0.132. The maximum atomic E-state index is 12.6. The van der Waals surface area contributed by atoms with E-state index in [2.05, 4.69) is 27.2 Å². The van der Waals surface area contributed by atoms with Gasteiger partial charge in [0.15, 0.2) is 0 Å². The molecule has 0 bridgehead atoms. The van der Waals surface area contributed by atoms with Gasteiger partial charge in [0.05, 0.1) is 18.2 Å². The van der Waals surface area contributed by atoms with E-state index >= 15 is 0 Å². The Bertz CT molecular complexity index is 1150. The molecule has 1 aliphatic heterocycles. The van der Waals surface area contributed by atoms with E-state index < -0.39 is 12.1 Å². The minimum atomic E-state index is -0.650. The molecule has 36 heavy (non-hydrogen) atoms. The highest BCUT2D eigenvalue weighted by Crippen LogP contribution is 2.17. The van der Waals surface area contributed by atoms with Crippen LogP contribution in [0.5, 0.6) is 0 Å². The molecule has 1 aliphatic rings. The molecule has 0 radical (unpaired) electrons. The summed E-state index contributed by atoms with van der Waals surface area (Å²) in [6.07, 6.45) is 1.38. The Morgan fingerprint density at radius 3 is 2.64 bits per heavy atom. The summed E-state index contributed by atoms with van der Waals surface area (Å²) in [4.78, 5) is 40.9. The molecule has 1 atom stereocenters. The first-order valence-electron chi connectivity index (χ1n) is 11.6. The number of ether oxygens (including phenoxy) is 2. The fourth-order valence-corrected chi connectivity index (χ4v) is 3.52. The zero-order valence-corrected chi connectivity index (χ0v) is 19.8. The molecule has 3 rings (SSSR count). The number of hydrogen-bond donors (Lipinski definition) is 1. The van der Waals surface area contributed by atoms with Gasteiger partial charge in [0.1, 0.15) is 13.2 Å². The monoisotopic (exact) mass is 489 g/mol. The number of azide groups is 1. The molecule has 0 aliphatic carbocycles. The van der Waals surface area contributed by atoms with Crippen LogP contribution in [0.3, 0.4) is 0 Å².